The van der Waals surface area contributed by atoms with E-state index in [1.807, 2.05) is 24.5 Å². The van der Waals surface area contributed by atoms with Gasteiger partial charge in [0, 0.05) is 17.5 Å². The molecule has 1 radical (unpaired) electrons. The van der Waals surface area contributed by atoms with E-state index in [1.165, 1.54) is 12.1 Å². The average Bonchev–Trinajstić information content (AvgIpc) is 2.86. The molecule has 1 heterocycles. The van der Waals surface area contributed by atoms with Gasteiger partial charge in [-0.3, -0.25) is 10.1 Å². The number of nitro groups is 1. The summed E-state index contributed by atoms with van der Waals surface area (Å²) in [4.78, 5) is 10.3. The highest BCUT2D eigenvalue weighted by Gasteiger charge is 2.11. The van der Waals surface area contributed by atoms with Crippen molar-refractivity contribution in [1.29, 1.82) is 0 Å². The van der Waals surface area contributed by atoms with Crippen LogP contribution in [0.25, 0.3) is 16.6 Å². The van der Waals surface area contributed by atoms with Crippen molar-refractivity contribution in [3.05, 3.63) is 58.6 Å². The molecule has 0 saturated carbocycles. The zero-order valence-corrected chi connectivity index (χ0v) is 11.4. The third-order valence-electron chi connectivity index (χ3n) is 2.99. The van der Waals surface area contributed by atoms with E-state index in [1.54, 1.807) is 28.6 Å². The summed E-state index contributed by atoms with van der Waals surface area (Å²) in [7, 11) is 0. The van der Waals surface area contributed by atoms with Gasteiger partial charge in [-0.05, 0) is 36.6 Å². The summed E-state index contributed by atoms with van der Waals surface area (Å²) >= 11 is 1.57. The van der Waals surface area contributed by atoms with E-state index in [2.05, 4.69) is 11.2 Å². The Kier molecular flexibility index (Phi) is 3.15. The van der Waals surface area contributed by atoms with Gasteiger partial charge in [-0.15, -0.1) is 11.8 Å². The van der Waals surface area contributed by atoms with Crippen molar-refractivity contribution in [3.63, 3.8) is 0 Å². The van der Waals surface area contributed by atoms with Crippen LogP contribution in [0, 0.1) is 16.2 Å². The Morgan fingerprint density at radius 1 is 1.30 bits per heavy atom. The van der Waals surface area contributed by atoms with Gasteiger partial charge >= 0.3 is 0 Å². The van der Waals surface area contributed by atoms with Crippen molar-refractivity contribution in [3.8, 4) is 5.69 Å². The van der Waals surface area contributed by atoms with Gasteiger partial charge in [0.15, 0.2) is 0 Å². The number of benzene rings is 2. The highest BCUT2D eigenvalue weighted by Crippen LogP contribution is 2.28. The summed E-state index contributed by atoms with van der Waals surface area (Å²) in [5.41, 5.74) is 1.80. The van der Waals surface area contributed by atoms with Crippen LogP contribution in [0.4, 0.5) is 5.69 Å². The van der Waals surface area contributed by atoms with Crippen LogP contribution in [-0.4, -0.2) is 21.0 Å². The van der Waals surface area contributed by atoms with Crippen LogP contribution < -0.4 is 0 Å². The van der Waals surface area contributed by atoms with Gasteiger partial charge in [0.05, 0.1) is 16.1 Å². The number of thioether (sulfide) groups is 1. The number of non-ortho nitro benzene ring substituents is 1. The number of nitrogens with zero attached hydrogens (tertiary/aromatic N) is 3. The van der Waals surface area contributed by atoms with Crippen LogP contribution >= 0.6 is 11.8 Å². The minimum atomic E-state index is -0.411. The number of aromatic nitrogens is 2. The lowest BCUT2D eigenvalue weighted by Crippen LogP contribution is -1.96. The van der Waals surface area contributed by atoms with Crippen LogP contribution in [0.3, 0.4) is 0 Å². The summed E-state index contributed by atoms with van der Waals surface area (Å²) in [6.07, 6.45) is 1.97. The van der Waals surface area contributed by atoms with Gasteiger partial charge in [-0.2, -0.15) is 5.10 Å². The molecule has 0 saturated heterocycles. The fraction of sp³-hybridized carbons (Fsp3) is 0.0714. The highest BCUT2D eigenvalue weighted by molar-refractivity contribution is 7.98. The molecule has 5 nitrogen and oxygen atoms in total. The molecule has 6 heteroatoms. The summed E-state index contributed by atoms with van der Waals surface area (Å²) in [6, 6.07) is 15.1. The Balaban J connectivity index is 2.16. The van der Waals surface area contributed by atoms with Crippen molar-refractivity contribution in [1.82, 2.24) is 9.78 Å². The minimum Gasteiger partial charge on any atom is -0.258 e. The van der Waals surface area contributed by atoms with Gasteiger partial charge in [-0.1, -0.05) is 6.07 Å². The van der Waals surface area contributed by atoms with E-state index >= 15 is 0 Å². The van der Waals surface area contributed by atoms with Crippen LogP contribution in [0.15, 0.2) is 47.5 Å². The van der Waals surface area contributed by atoms with E-state index < -0.39 is 4.92 Å². The lowest BCUT2D eigenvalue weighted by atomic mass is 10.2. The quantitative estimate of drug-likeness (QED) is 0.420. The van der Waals surface area contributed by atoms with Crippen molar-refractivity contribution in [2.75, 3.05) is 6.26 Å². The van der Waals surface area contributed by atoms with Crippen LogP contribution in [0.5, 0.6) is 0 Å². The molecule has 0 fully saturated rings. The normalized spacial score (nSPS) is 10.8. The molecule has 20 heavy (non-hydrogen) atoms. The number of nitro benzene ring substituents is 1. The summed E-state index contributed by atoms with van der Waals surface area (Å²) in [5.74, 6) is 0. The molecule has 3 rings (SSSR count). The Morgan fingerprint density at radius 3 is 2.70 bits per heavy atom. The lowest BCUT2D eigenvalue weighted by Gasteiger charge is -2.02. The first-order valence-corrected chi connectivity index (χ1v) is 7.11. The molecular weight excluding hydrogens is 274 g/mol. The Bertz CT molecular complexity index is 781. The maximum absolute atomic E-state index is 10.7. The van der Waals surface area contributed by atoms with Crippen molar-refractivity contribution < 1.29 is 4.92 Å². The molecule has 0 bridgehead atoms. The zero-order chi connectivity index (χ0) is 14.1. The molecule has 1 aromatic heterocycles. The predicted octanol–water partition coefficient (Wildman–Crippen LogP) is 3.46. The van der Waals surface area contributed by atoms with Crippen LogP contribution in [0.1, 0.15) is 0 Å². The monoisotopic (exact) mass is 284 g/mol. The molecule has 0 atom stereocenters. The molecule has 0 amide bonds. The Labute approximate surface area is 119 Å². The molecule has 99 valence electrons. The van der Waals surface area contributed by atoms with E-state index in [9.17, 15) is 10.1 Å². The van der Waals surface area contributed by atoms with Crippen LogP contribution in [0.2, 0.25) is 0 Å². The van der Waals surface area contributed by atoms with Crippen molar-refractivity contribution >= 4 is 28.4 Å². The van der Waals surface area contributed by atoms with E-state index in [0.717, 1.165) is 21.6 Å². The van der Waals surface area contributed by atoms with Gasteiger partial charge in [0.25, 0.3) is 5.69 Å². The largest absolute Gasteiger partial charge is 0.269 e. The fourth-order valence-electron chi connectivity index (χ4n) is 2.04. The van der Waals surface area contributed by atoms with Crippen molar-refractivity contribution in [2.24, 2.45) is 0 Å². The molecule has 0 N–H and O–H groups in total. The van der Waals surface area contributed by atoms with Gasteiger partial charge in [0.2, 0.25) is 0 Å². The molecule has 3 aromatic rings. The maximum atomic E-state index is 10.7. The summed E-state index contributed by atoms with van der Waals surface area (Å²) < 4.78 is 1.78. The Morgan fingerprint density at radius 2 is 2.05 bits per heavy atom. The number of fused-ring (bicyclic) bond motifs is 1. The van der Waals surface area contributed by atoms with E-state index in [4.69, 9.17) is 0 Å². The third kappa shape index (κ3) is 2.04. The topological polar surface area (TPSA) is 61.0 Å². The lowest BCUT2D eigenvalue weighted by molar-refractivity contribution is -0.384. The zero-order valence-electron chi connectivity index (χ0n) is 10.6. The standard InChI is InChI=1S/C14H10N3O2S/c1-20-14-12-4-2-3-5-13(12)16(15-14)10-6-8-11(9-7-10)17(18)19/h2,4-9H,1H3. The SMILES string of the molecule is CSc1nn(-c2ccc([N+](=O)[O-])cc2)c2c[c]ccc12. The van der Waals surface area contributed by atoms with Gasteiger partial charge in [-0.25, -0.2) is 4.68 Å². The molecule has 0 aliphatic rings. The van der Waals surface area contributed by atoms with E-state index in [0.29, 0.717) is 0 Å². The van der Waals surface area contributed by atoms with E-state index in [-0.39, 0.29) is 5.69 Å². The second-order valence-electron chi connectivity index (χ2n) is 4.14. The molecule has 0 unspecified atom stereocenters. The first-order chi connectivity index (χ1) is 9.70. The number of rotatable bonds is 3. The average molecular weight is 284 g/mol. The minimum absolute atomic E-state index is 0.0712. The predicted molar refractivity (Wildman–Crippen MR) is 78.3 cm³/mol. The number of hydrogen-bond acceptors (Lipinski definition) is 4. The van der Waals surface area contributed by atoms with Gasteiger partial charge < -0.3 is 0 Å². The maximum Gasteiger partial charge on any atom is 0.269 e. The molecule has 0 spiro atoms. The van der Waals surface area contributed by atoms with Crippen LogP contribution in [-0.2, 0) is 0 Å². The first-order valence-electron chi connectivity index (χ1n) is 5.88. The smallest absolute Gasteiger partial charge is 0.258 e. The fourth-order valence-corrected chi connectivity index (χ4v) is 2.60. The molecule has 0 aliphatic carbocycles. The molecule has 0 aliphatic heterocycles. The Hall–Kier alpha value is -2.34. The summed E-state index contributed by atoms with van der Waals surface area (Å²) in [5, 5.41) is 17.2. The molecular formula is C14H10N3O2S. The highest BCUT2D eigenvalue weighted by atomic mass is 32.2. The third-order valence-corrected chi connectivity index (χ3v) is 3.68. The van der Waals surface area contributed by atoms with Crippen molar-refractivity contribution in [2.45, 2.75) is 5.03 Å². The second kappa shape index (κ2) is 4.97. The molecule has 2 aromatic carbocycles. The summed E-state index contributed by atoms with van der Waals surface area (Å²) in [6.45, 7) is 0. The van der Waals surface area contributed by atoms with Gasteiger partial charge in [0.1, 0.15) is 5.03 Å². The first kappa shape index (κ1) is 12.7. The number of hydrogen-bond donors (Lipinski definition) is 0. The second-order valence-corrected chi connectivity index (χ2v) is 4.93.